The fourth-order valence-corrected chi connectivity index (χ4v) is 1.24. The van der Waals surface area contributed by atoms with Crippen molar-refractivity contribution in [3.63, 3.8) is 0 Å². The molecule has 1 aromatic rings. The van der Waals surface area contributed by atoms with Crippen LogP contribution in [0.5, 0.6) is 0 Å². The lowest BCUT2D eigenvalue weighted by Gasteiger charge is -2.13. The van der Waals surface area contributed by atoms with Crippen LogP contribution in [0, 0.1) is 0 Å². The molecule has 3 heteroatoms. The number of hydrogen-bond donors (Lipinski definition) is 0. The molecule has 0 saturated carbocycles. The van der Waals surface area contributed by atoms with Gasteiger partial charge < -0.3 is 9.47 Å². The molecule has 1 rings (SSSR count). The molecule has 0 aliphatic heterocycles. The largest absolute Gasteiger partial charge is 0.352 e. The van der Waals surface area contributed by atoms with Gasteiger partial charge in [-0.05, 0) is 6.92 Å². The van der Waals surface area contributed by atoms with Crippen LogP contribution in [-0.4, -0.2) is 20.0 Å². The van der Waals surface area contributed by atoms with Crippen LogP contribution in [0.25, 0.3) is 0 Å². The number of hydrogen-bond acceptors (Lipinski definition) is 3. The van der Waals surface area contributed by atoms with Gasteiger partial charge in [0.05, 0.1) is 0 Å². The van der Waals surface area contributed by atoms with Gasteiger partial charge in [0.2, 0.25) is 0 Å². The Morgan fingerprint density at radius 2 is 1.64 bits per heavy atom. The summed E-state index contributed by atoms with van der Waals surface area (Å²) in [6, 6.07) is 7.19. The average Bonchev–Trinajstić information content (AvgIpc) is 2.20. The van der Waals surface area contributed by atoms with Crippen LogP contribution in [-0.2, 0) is 9.47 Å². The van der Waals surface area contributed by atoms with Gasteiger partial charge in [0.1, 0.15) is 0 Å². The fraction of sp³-hybridized carbons (Fsp3) is 0.364. The zero-order valence-corrected chi connectivity index (χ0v) is 8.61. The van der Waals surface area contributed by atoms with E-state index in [2.05, 4.69) is 0 Å². The van der Waals surface area contributed by atoms with Gasteiger partial charge in [-0.15, -0.1) is 0 Å². The highest BCUT2D eigenvalue weighted by Gasteiger charge is 2.08. The van der Waals surface area contributed by atoms with Gasteiger partial charge in [0, 0.05) is 25.3 Å². The standard InChI is InChI=1S/C11H14O3/c1-8(12)9-4-6-10(7-5-9)11(13-2)14-3/h4-7,11H,1-3H3. The molecule has 76 valence electrons. The first-order chi connectivity index (χ1) is 6.69. The van der Waals surface area contributed by atoms with Crippen LogP contribution in [0.1, 0.15) is 29.1 Å². The van der Waals surface area contributed by atoms with E-state index in [9.17, 15) is 4.79 Å². The Hall–Kier alpha value is -1.19. The van der Waals surface area contributed by atoms with Crippen LogP contribution in [0.4, 0.5) is 0 Å². The van der Waals surface area contributed by atoms with Gasteiger partial charge in [0.25, 0.3) is 0 Å². The lowest BCUT2D eigenvalue weighted by atomic mass is 10.1. The molecular weight excluding hydrogens is 180 g/mol. The van der Waals surface area contributed by atoms with E-state index in [4.69, 9.17) is 9.47 Å². The van der Waals surface area contributed by atoms with E-state index in [-0.39, 0.29) is 12.1 Å². The minimum absolute atomic E-state index is 0.0583. The zero-order chi connectivity index (χ0) is 10.6. The van der Waals surface area contributed by atoms with E-state index < -0.39 is 0 Å². The molecule has 0 radical (unpaired) electrons. The summed E-state index contributed by atoms with van der Waals surface area (Å²) in [6.45, 7) is 1.54. The topological polar surface area (TPSA) is 35.5 Å². The summed E-state index contributed by atoms with van der Waals surface area (Å²) < 4.78 is 10.2. The molecule has 1 aromatic carbocycles. The van der Waals surface area contributed by atoms with Crippen molar-refractivity contribution in [1.29, 1.82) is 0 Å². The van der Waals surface area contributed by atoms with Gasteiger partial charge >= 0.3 is 0 Å². The van der Waals surface area contributed by atoms with Gasteiger partial charge in [-0.25, -0.2) is 0 Å². The molecular formula is C11H14O3. The summed E-state index contributed by atoms with van der Waals surface area (Å²) in [5.41, 5.74) is 1.60. The van der Waals surface area contributed by atoms with Crippen LogP contribution in [0.2, 0.25) is 0 Å². The summed E-state index contributed by atoms with van der Waals surface area (Å²) in [6.07, 6.45) is -0.365. The van der Waals surface area contributed by atoms with Crippen molar-refractivity contribution < 1.29 is 14.3 Å². The van der Waals surface area contributed by atoms with Gasteiger partial charge in [-0.2, -0.15) is 0 Å². The first-order valence-electron chi connectivity index (χ1n) is 4.35. The molecule has 0 heterocycles. The highest BCUT2D eigenvalue weighted by molar-refractivity contribution is 5.93. The third kappa shape index (κ3) is 2.40. The second-order valence-corrected chi connectivity index (χ2v) is 2.98. The molecule has 0 spiro atoms. The molecule has 14 heavy (non-hydrogen) atoms. The van der Waals surface area contributed by atoms with E-state index in [0.29, 0.717) is 5.56 Å². The highest BCUT2D eigenvalue weighted by Crippen LogP contribution is 2.17. The van der Waals surface area contributed by atoms with E-state index in [1.807, 2.05) is 12.1 Å². The van der Waals surface area contributed by atoms with Crippen molar-refractivity contribution in [3.05, 3.63) is 35.4 Å². The number of ether oxygens (including phenoxy) is 2. The second-order valence-electron chi connectivity index (χ2n) is 2.98. The number of ketones is 1. The first-order valence-corrected chi connectivity index (χ1v) is 4.35. The molecule has 0 aromatic heterocycles. The molecule has 0 unspecified atom stereocenters. The molecule has 3 nitrogen and oxygen atoms in total. The Morgan fingerprint density at radius 1 is 1.14 bits per heavy atom. The number of carbonyl (C=O) groups is 1. The number of methoxy groups -OCH3 is 2. The van der Waals surface area contributed by atoms with Gasteiger partial charge in [0.15, 0.2) is 12.1 Å². The summed E-state index contributed by atoms with van der Waals surface area (Å²) in [5, 5.41) is 0. The van der Waals surface area contributed by atoms with Crippen molar-refractivity contribution in [1.82, 2.24) is 0 Å². The van der Waals surface area contributed by atoms with Crippen molar-refractivity contribution in [3.8, 4) is 0 Å². The molecule has 0 fully saturated rings. The number of benzene rings is 1. The van der Waals surface area contributed by atoms with E-state index in [1.54, 1.807) is 33.3 Å². The average molecular weight is 194 g/mol. The minimum Gasteiger partial charge on any atom is -0.352 e. The first kappa shape index (κ1) is 10.9. The Labute approximate surface area is 83.6 Å². The van der Waals surface area contributed by atoms with Crippen LogP contribution < -0.4 is 0 Å². The van der Waals surface area contributed by atoms with Crippen molar-refractivity contribution in [2.75, 3.05) is 14.2 Å². The predicted octanol–water partition coefficient (Wildman–Crippen LogP) is 2.18. The third-order valence-corrected chi connectivity index (χ3v) is 2.02. The SMILES string of the molecule is COC(OC)c1ccc(C(C)=O)cc1. The lowest BCUT2D eigenvalue weighted by Crippen LogP contribution is -2.03. The summed E-state index contributed by atoms with van der Waals surface area (Å²) >= 11 is 0. The Balaban J connectivity index is 2.87. The molecule has 0 amide bonds. The fourth-order valence-electron chi connectivity index (χ4n) is 1.24. The molecule has 0 aliphatic rings. The monoisotopic (exact) mass is 194 g/mol. The predicted molar refractivity (Wildman–Crippen MR) is 53.2 cm³/mol. The van der Waals surface area contributed by atoms with Gasteiger partial charge in [-0.1, -0.05) is 24.3 Å². The molecule has 0 N–H and O–H groups in total. The van der Waals surface area contributed by atoms with E-state index in [1.165, 1.54) is 0 Å². The minimum atomic E-state index is -0.365. The second kappa shape index (κ2) is 4.88. The van der Waals surface area contributed by atoms with Gasteiger partial charge in [-0.3, -0.25) is 4.79 Å². The van der Waals surface area contributed by atoms with Crippen LogP contribution in [0.3, 0.4) is 0 Å². The maximum absolute atomic E-state index is 11.0. The number of carbonyl (C=O) groups excluding carboxylic acids is 1. The van der Waals surface area contributed by atoms with Crippen molar-refractivity contribution in [2.45, 2.75) is 13.2 Å². The normalized spacial score (nSPS) is 10.6. The van der Waals surface area contributed by atoms with E-state index in [0.717, 1.165) is 5.56 Å². The van der Waals surface area contributed by atoms with Crippen molar-refractivity contribution >= 4 is 5.78 Å². The Morgan fingerprint density at radius 3 is 2.00 bits per heavy atom. The third-order valence-electron chi connectivity index (χ3n) is 2.02. The van der Waals surface area contributed by atoms with Crippen LogP contribution >= 0.6 is 0 Å². The quantitative estimate of drug-likeness (QED) is 0.544. The van der Waals surface area contributed by atoms with Crippen LogP contribution in [0.15, 0.2) is 24.3 Å². The van der Waals surface area contributed by atoms with Crippen molar-refractivity contribution in [2.24, 2.45) is 0 Å². The molecule has 0 saturated heterocycles. The molecule has 0 atom stereocenters. The maximum Gasteiger partial charge on any atom is 0.183 e. The Kier molecular flexibility index (Phi) is 3.80. The zero-order valence-electron chi connectivity index (χ0n) is 8.61. The molecule has 0 bridgehead atoms. The summed E-state index contributed by atoms with van der Waals surface area (Å²) in [5.74, 6) is 0.0583. The Bertz CT molecular complexity index is 299. The molecule has 0 aliphatic carbocycles. The number of Topliss-reactive ketones (excluding diaryl/α,β-unsaturated/α-hetero) is 1. The van der Waals surface area contributed by atoms with E-state index >= 15 is 0 Å². The summed E-state index contributed by atoms with van der Waals surface area (Å²) in [4.78, 5) is 11.0. The maximum atomic E-state index is 11.0. The number of rotatable bonds is 4. The summed E-state index contributed by atoms with van der Waals surface area (Å²) in [7, 11) is 3.15. The lowest BCUT2D eigenvalue weighted by molar-refractivity contribution is -0.106. The smallest absolute Gasteiger partial charge is 0.183 e. The highest BCUT2D eigenvalue weighted by atomic mass is 16.7.